The van der Waals surface area contributed by atoms with E-state index in [1.807, 2.05) is 43.3 Å². The van der Waals surface area contributed by atoms with Gasteiger partial charge in [-0.3, -0.25) is 4.79 Å². The maximum Gasteiger partial charge on any atom is 0.224 e. The molecule has 2 aromatic carbocycles. The molecule has 3 nitrogen and oxygen atoms in total. The van der Waals surface area contributed by atoms with Gasteiger partial charge in [-0.05, 0) is 61.6 Å². The van der Waals surface area contributed by atoms with E-state index in [1.165, 1.54) is 24.0 Å². The molecule has 2 rings (SSSR count). The van der Waals surface area contributed by atoms with Crippen LogP contribution in [0.3, 0.4) is 0 Å². The summed E-state index contributed by atoms with van der Waals surface area (Å²) in [6, 6.07) is 16.1. The van der Waals surface area contributed by atoms with E-state index in [9.17, 15) is 4.79 Å². The molecular weight excluding hydrogens is 298 g/mol. The number of rotatable bonds is 9. The number of amides is 1. The van der Waals surface area contributed by atoms with E-state index in [4.69, 9.17) is 4.74 Å². The normalized spacial score (nSPS) is 10.4. The van der Waals surface area contributed by atoms with Gasteiger partial charge in [0.2, 0.25) is 5.91 Å². The molecule has 0 spiro atoms. The number of nitrogens with one attached hydrogen (secondary N) is 1. The molecule has 0 aliphatic heterocycles. The highest BCUT2D eigenvalue weighted by atomic mass is 16.5. The lowest BCUT2D eigenvalue weighted by Crippen LogP contribution is -2.12. The fourth-order valence-electron chi connectivity index (χ4n) is 2.49. The van der Waals surface area contributed by atoms with E-state index < -0.39 is 0 Å². The van der Waals surface area contributed by atoms with Crippen LogP contribution in [-0.2, 0) is 11.2 Å². The van der Waals surface area contributed by atoms with Crippen LogP contribution in [0.4, 0.5) is 5.69 Å². The number of unbranched alkanes of at least 4 members (excludes halogenated alkanes) is 1. The second-order valence-electron chi connectivity index (χ2n) is 6.12. The summed E-state index contributed by atoms with van der Waals surface area (Å²) in [5, 5.41) is 2.94. The molecule has 0 aliphatic rings. The minimum atomic E-state index is 0.0316. The molecule has 1 amide bonds. The van der Waals surface area contributed by atoms with Crippen molar-refractivity contribution in [2.45, 2.75) is 46.0 Å². The van der Waals surface area contributed by atoms with Crippen LogP contribution in [0.1, 0.15) is 43.7 Å². The van der Waals surface area contributed by atoms with E-state index >= 15 is 0 Å². The van der Waals surface area contributed by atoms with Crippen molar-refractivity contribution >= 4 is 11.6 Å². The summed E-state index contributed by atoms with van der Waals surface area (Å²) in [7, 11) is 0. The van der Waals surface area contributed by atoms with E-state index in [1.54, 1.807) is 0 Å². The molecule has 0 heterocycles. The SMILES string of the molecule is CCCCc1ccc(NC(=O)CCCOc2cccc(C)c2)cc1. The molecule has 128 valence electrons. The van der Waals surface area contributed by atoms with Crippen molar-refractivity contribution in [3.8, 4) is 5.75 Å². The molecule has 0 bridgehead atoms. The molecule has 0 fully saturated rings. The molecule has 24 heavy (non-hydrogen) atoms. The van der Waals surface area contributed by atoms with Gasteiger partial charge in [0.25, 0.3) is 0 Å². The lowest BCUT2D eigenvalue weighted by molar-refractivity contribution is -0.116. The summed E-state index contributed by atoms with van der Waals surface area (Å²) in [6.45, 7) is 4.78. The zero-order chi connectivity index (χ0) is 17.2. The number of anilines is 1. The van der Waals surface area contributed by atoms with E-state index in [0.717, 1.165) is 17.9 Å². The fraction of sp³-hybridized carbons (Fsp3) is 0.381. The lowest BCUT2D eigenvalue weighted by Gasteiger charge is -2.08. The highest BCUT2D eigenvalue weighted by Gasteiger charge is 2.03. The van der Waals surface area contributed by atoms with Crippen molar-refractivity contribution in [1.29, 1.82) is 0 Å². The Morgan fingerprint density at radius 2 is 1.88 bits per heavy atom. The Labute approximate surface area is 145 Å². The first-order valence-electron chi connectivity index (χ1n) is 8.75. The Bertz CT molecular complexity index is 635. The first-order chi connectivity index (χ1) is 11.7. The van der Waals surface area contributed by atoms with Crippen LogP contribution in [0.15, 0.2) is 48.5 Å². The molecule has 0 atom stereocenters. The van der Waals surface area contributed by atoms with Crippen LogP contribution >= 0.6 is 0 Å². The van der Waals surface area contributed by atoms with Crippen molar-refractivity contribution in [3.05, 3.63) is 59.7 Å². The second kappa shape index (κ2) is 9.76. The smallest absolute Gasteiger partial charge is 0.224 e. The molecule has 3 heteroatoms. The van der Waals surface area contributed by atoms with Crippen LogP contribution in [0, 0.1) is 6.92 Å². The topological polar surface area (TPSA) is 38.3 Å². The third kappa shape index (κ3) is 6.45. The van der Waals surface area contributed by atoms with Gasteiger partial charge in [-0.15, -0.1) is 0 Å². The first kappa shape index (κ1) is 18.1. The third-order valence-corrected chi connectivity index (χ3v) is 3.86. The Balaban J connectivity index is 1.67. The number of benzene rings is 2. The highest BCUT2D eigenvalue weighted by Crippen LogP contribution is 2.14. The number of hydrogen-bond donors (Lipinski definition) is 1. The quantitative estimate of drug-likeness (QED) is 0.649. The van der Waals surface area contributed by atoms with Crippen molar-refractivity contribution < 1.29 is 9.53 Å². The zero-order valence-corrected chi connectivity index (χ0v) is 14.7. The van der Waals surface area contributed by atoms with Crippen molar-refractivity contribution in [2.24, 2.45) is 0 Å². The minimum Gasteiger partial charge on any atom is -0.494 e. The van der Waals surface area contributed by atoms with Gasteiger partial charge in [0.05, 0.1) is 6.61 Å². The van der Waals surface area contributed by atoms with Gasteiger partial charge in [-0.2, -0.15) is 0 Å². The zero-order valence-electron chi connectivity index (χ0n) is 14.7. The molecule has 0 aromatic heterocycles. The average Bonchev–Trinajstić information content (AvgIpc) is 2.58. The molecule has 0 saturated carbocycles. The second-order valence-corrected chi connectivity index (χ2v) is 6.12. The van der Waals surface area contributed by atoms with Crippen molar-refractivity contribution in [1.82, 2.24) is 0 Å². The van der Waals surface area contributed by atoms with Crippen LogP contribution < -0.4 is 10.1 Å². The summed E-state index contributed by atoms with van der Waals surface area (Å²) in [6.07, 6.45) is 4.66. The Kier molecular flexibility index (Phi) is 7.34. The lowest BCUT2D eigenvalue weighted by atomic mass is 10.1. The highest BCUT2D eigenvalue weighted by molar-refractivity contribution is 5.90. The molecule has 0 saturated heterocycles. The van der Waals surface area contributed by atoms with Crippen molar-refractivity contribution in [3.63, 3.8) is 0 Å². The Morgan fingerprint density at radius 1 is 1.08 bits per heavy atom. The number of ether oxygens (including phenoxy) is 1. The van der Waals surface area contributed by atoms with Gasteiger partial charge in [-0.1, -0.05) is 37.6 Å². The predicted octanol–water partition coefficient (Wildman–Crippen LogP) is 5.14. The summed E-state index contributed by atoms with van der Waals surface area (Å²) in [4.78, 5) is 12.0. The number of carbonyl (C=O) groups excluding carboxylic acids is 1. The summed E-state index contributed by atoms with van der Waals surface area (Å²) < 4.78 is 5.66. The van der Waals surface area contributed by atoms with Gasteiger partial charge >= 0.3 is 0 Å². The Morgan fingerprint density at radius 3 is 2.58 bits per heavy atom. The molecule has 0 aliphatic carbocycles. The van der Waals surface area contributed by atoms with E-state index in [2.05, 4.69) is 24.4 Å². The molecular formula is C21H27NO2. The van der Waals surface area contributed by atoms with E-state index in [-0.39, 0.29) is 5.91 Å². The number of aryl methyl sites for hydroxylation is 2. The predicted molar refractivity (Wildman–Crippen MR) is 99.6 cm³/mol. The number of hydrogen-bond acceptors (Lipinski definition) is 2. The van der Waals surface area contributed by atoms with E-state index in [0.29, 0.717) is 19.4 Å². The average molecular weight is 325 g/mol. The maximum atomic E-state index is 12.0. The standard InChI is InChI=1S/C21H27NO2/c1-3-4-8-18-11-13-19(14-12-18)22-21(23)10-6-15-24-20-9-5-7-17(2)16-20/h5,7,9,11-14,16H,3-4,6,8,10,15H2,1-2H3,(H,22,23). The molecule has 0 unspecified atom stereocenters. The van der Waals surface area contributed by atoms with Gasteiger partial charge < -0.3 is 10.1 Å². The summed E-state index contributed by atoms with van der Waals surface area (Å²) in [5.41, 5.74) is 3.36. The van der Waals surface area contributed by atoms with Gasteiger partial charge in [0.1, 0.15) is 5.75 Å². The van der Waals surface area contributed by atoms with Crippen LogP contribution in [0.2, 0.25) is 0 Å². The largest absolute Gasteiger partial charge is 0.494 e. The monoisotopic (exact) mass is 325 g/mol. The first-order valence-corrected chi connectivity index (χ1v) is 8.75. The van der Waals surface area contributed by atoms with Crippen molar-refractivity contribution in [2.75, 3.05) is 11.9 Å². The molecule has 2 aromatic rings. The molecule has 0 radical (unpaired) electrons. The fourth-order valence-corrected chi connectivity index (χ4v) is 2.49. The number of carbonyl (C=O) groups is 1. The van der Waals surface area contributed by atoms with Gasteiger partial charge in [-0.25, -0.2) is 0 Å². The third-order valence-electron chi connectivity index (χ3n) is 3.86. The van der Waals surface area contributed by atoms with Crippen LogP contribution in [0.5, 0.6) is 5.75 Å². The minimum absolute atomic E-state index is 0.0316. The molecule has 1 N–H and O–H groups in total. The van der Waals surface area contributed by atoms with Gasteiger partial charge in [0.15, 0.2) is 0 Å². The summed E-state index contributed by atoms with van der Waals surface area (Å²) >= 11 is 0. The maximum absolute atomic E-state index is 12.0. The van der Waals surface area contributed by atoms with Gasteiger partial charge in [0, 0.05) is 12.1 Å². The van der Waals surface area contributed by atoms with Crippen LogP contribution in [0.25, 0.3) is 0 Å². The Hall–Kier alpha value is -2.29. The summed E-state index contributed by atoms with van der Waals surface area (Å²) in [5.74, 6) is 0.891. The van der Waals surface area contributed by atoms with Crippen LogP contribution in [-0.4, -0.2) is 12.5 Å².